The third-order valence-corrected chi connectivity index (χ3v) is 7.56. The van der Waals surface area contributed by atoms with E-state index in [2.05, 4.69) is 31.5 Å². The number of aliphatic imine (C=N–C) groups is 1. The second kappa shape index (κ2) is 13.3. The number of piperazine rings is 1. The van der Waals surface area contributed by atoms with Crippen molar-refractivity contribution < 1.29 is 29.3 Å². The van der Waals surface area contributed by atoms with Crippen LogP contribution in [0, 0.1) is 5.92 Å². The summed E-state index contributed by atoms with van der Waals surface area (Å²) in [6, 6.07) is 14.3. The number of anilines is 2. The first-order valence-corrected chi connectivity index (χ1v) is 13.7. The summed E-state index contributed by atoms with van der Waals surface area (Å²) in [6.07, 6.45) is 0.791. The highest BCUT2D eigenvalue weighted by Gasteiger charge is 2.41. The van der Waals surface area contributed by atoms with E-state index < -0.39 is 23.8 Å². The quantitative estimate of drug-likeness (QED) is 0.321. The van der Waals surface area contributed by atoms with Crippen molar-refractivity contribution in [1.29, 1.82) is 0 Å². The lowest BCUT2D eigenvalue weighted by molar-refractivity contribution is -0.140. The number of benzene rings is 2. The molecule has 2 atom stereocenters. The highest BCUT2D eigenvalue weighted by atomic mass is 16.5. The van der Waals surface area contributed by atoms with E-state index >= 15 is 0 Å². The molecule has 2 aliphatic rings. The zero-order valence-corrected chi connectivity index (χ0v) is 23.6. The van der Waals surface area contributed by atoms with E-state index in [0.717, 1.165) is 50.6 Å². The van der Waals surface area contributed by atoms with Gasteiger partial charge < -0.3 is 30.5 Å². The molecule has 2 aromatic carbocycles. The molecule has 2 unspecified atom stereocenters. The second-order valence-electron chi connectivity index (χ2n) is 10.2. The Balaban J connectivity index is 1.27. The molecule has 2 aliphatic heterocycles. The Kier molecular flexibility index (Phi) is 9.61. The summed E-state index contributed by atoms with van der Waals surface area (Å²) < 4.78 is 5.33. The Morgan fingerprint density at radius 2 is 1.76 bits per heavy atom. The van der Waals surface area contributed by atoms with Gasteiger partial charge in [0.15, 0.2) is 0 Å². The number of carboxylic acids is 2. The van der Waals surface area contributed by atoms with Crippen LogP contribution in [0.3, 0.4) is 0 Å². The van der Waals surface area contributed by atoms with E-state index in [1.54, 1.807) is 45.2 Å². The summed E-state index contributed by atoms with van der Waals surface area (Å²) in [5, 5.41) is 25.3. The number of nitrogens with zero attached hydrogens (tertiary/aromatic N) is 3. The number of aliphatic carboxylic acids is 2. The summed E-state index contributed by atoms with van der Waals surface area (Å²) in [5.41, 5.74) is 2.63. The predicted octanol–water partition coefficient (Wildman–Crippen LogP) is 3.65. The van der Waals surface area contributed by atoms with Gasteiger partial charge >= 0.3 is 18.0 Å². The minimum atomic E-state index is -1.21. The first kappa shape index (κ1) is 29.6. The third kappa shape index (κ3) is 7.23. The minimum absolute atomic E-state index is 0.0612. The van der Waals surface area contributed by atoms with E-state index in [9.17, 15) is 24.6 Å². The van der Waals surface area contributed by atoms with Crippen molar-refractivity contribution in [3.05, 3.63) is 65.4 Å². The molecule has 0 saturated carbocycles. The Labute approximate surface area is 239 Å². The van der Waals surface area contributed by atoms with Crippen LogP contribution in [0.15, 0.2) is 64.8 Å². The van der Waals surface area contributed by atoms with Gasteiger partial charge in [0.05, 0.1) is 12.7 Å². The van der Waals surface area contributed by atoms with Gasteiger partial charge in [-0.05, 0) is 56.6 Å². The monoisotopic (exact) mass is 563 g/mol. The molecule has 11 nitrogen and oxygen atoms in total. The lowest BCUT2D eigenvalue weighted by Crippen LogP contribution is -2.47. The molecule has 2 aromatic rings. The Morgan fingerprint density at radius 3 is 2.44 bits per heavy atom. The molecule has 2 heterocycles. The van der Waals surface area contributed by atoms with E-state index in [0.29, 0.717) is 23.5 Å². The molecule has 218 valence electrons. The number of carbonyl (C=O) groups is 3. The van der Waals surface area contributed by atoms with Gasteiger partial charge in [-0.25, -0.2) is 9.59 Å². The number of amides is 2. The van der Waals surface area contributed by atoms with Crippen LogP contribution in [0.5, 0.6) is 5.75 Å². The molecule has 0 aromatic heterocycles. The summed E-state index contributed by atoms with van der Waals surface area (Å²) >= 11 is 0. The summed E-state index contributed by atoms with van der Waals surface area (Å²) in [7, 11) is 1.67. The highest BCUT2D eigenvalue weighted by Crippen LogP contribution is 2.39. The van der Waals surface area contributed by atoms with Crippen LogP contribution in [0.4, 0.5) is 16.2 Å². The molecule has 41 heavy (non-hydrogen) atoms. The van der Waals surface area contributed by atoms with Crippen molar-refractivity contribution in [2.75, 3.05) is 56.6 Å². The lowest BCUT2D eigenvalue weighted by Gasteiger charge is -2.36. The predicted molar refractivity (Wildman–Crippen MR) is 157 cm³/mol. The van der Waals surface area contributed by atoms with Crippen molar-refractivity contribution in [1.82, 2.24) is 10.2 Å². The fraction of sp³-hybridized carbons (Fsp3) is 0.400. The van der Waals surface area contributed by atoms with Crippen molar-refractivity contribution >= 4 is 35.1 Å². The van der Waals surface area contributed by atoms with Gasteiger partial charge in [-0.3, -0.25) is 14.7 Å². The SMILES string of the molecule is COc1cccc(N2CCN(CCCNC(=O)Nc3cccc(C4C(C(=O)O)=C(C)N=C(C)C4C(=O)O)c3)CC2)c1. The molecule has 0 bridgehead atoms. The normalized spacial score (nSPS) is 19.4. The molecule has 0 spiro atoms. The van der Waals surface area contributed by atoms with Gasteiger partial charge in [0.25, 0.3) is 0 Å². The van der Waals surface area contributed by atoms with Gasteiger partial charge in [0, 0.05) is 67.5 Å². The molecular weight excluding hydrogens is 526 g/mol. The number of rotatable bonds is 10. The average molecular weight is 564 g/mol. The Hall–Kier alpha value is -4.38. The van der Waals surface area contributed by atoms with Gasteiger partial charge in [-0.2, -0.15) is 0 Å². The van der Waals surface area contributed by atoms with Crippen LogP contribution in [0.25, 0.3) is 0 Å². The molecular formula is C30H37N5O6. The molecule has 11 heteroatoms. The second-order valence-corrected chi connectivity index (χ2v) is 10.2. The zero-order valence-electron chi connectivity index (χ0n) is 23.6. The Bertz CT molecular complexity index is 1350. The van der Waals surface area contributed by atoms with E-state index in [4.69, 9.17) is 4.74 Å². The van der Waals surface area contributed by atoms with Crippen LogP contribution in [-0.2, 0) is 9.59 Å². The number of nitrogens with one attached hydrogen (secondary N) is 2. The maximum atomic E-state index is 12.6. The number of carboxylic acid groups (broad SMARTS) is 2. The third-order valence-electron chi connectivity index (χ3n) is 7.56. The molecule has 0 aliphatic carbocycles. The van der Waals surface area contributed by atoms with Crippen molar-refractivity contribution in [3.8, 4) is 5.75 Å². The van der Waals surface area contributed by atoms with Crippen molar-refractivity contribution in [2.24, 2.45) is 10.9 Å². The number of ether oxygens (including phenoxy) is 1. The Morgan fingerprint density at radius 1 is 1.02 bits per heavy atom. The summed E-state index contributed by atoms with van der Waals surface area (Å²) in [6.45, 7) is 8.22. The highest BCUT2D eigenvalue weighted by molar-refractivity contribution is 6.06. The number of allylic oxidation sites excluding steroid dienone is 1. The average Bonchev–Trinajstić information content (AvgIpc) is 2.95. The van der Waals surface area contributed by atoms with Gasteiger partial charge in [0.1, 0.15) is 11.7 Å². The molecule has 4 N–H and O–H groups in total. The zero-order chi connectivity index (χ0) is 29.5. The molecule has 1 fully saturated rings. The number of hydrogen-bond acceptors (Lipinski definition) is 7. The van der Waals surface area contributed by atoms with E-state index in [1.165, 1.54) is 0 Å². The van der Waals surface area contributed by atoms with Gasteiger partial charge in [-0.15, -0.1) is 0 Å². The van der Waals surface area contributed by atoms with Crippen LogP contribution in [-0.4, -0.2) is 85.2 Å². The molecule has 1 saturated heterocycles. The van der Waals surface area contributed by atoms with Crippen LogP contribution < -0.4 is 20.3 Å². The number of methoxy groups -OCH3 is 1. The fourth-order valence-electron chi connectivity index (χ4n) is 5.52. The van der Waals surface area contributed by atoms with Gasteiger partial charge in [-0.1, -0.05) is 18.2 Å². The smallest absolute Gasteiger partial charge is 0.334 e. The number of carbonyl (C=O) groups excluding carboxylic acids is 1. The number of hydrogen-bond donors (Lipinski definition) is 4. The largest absolute Gasteiger partial charge is 0.497 e. The van der Waals surface area contributed by atoms with Crippen LogP contribution in [0.1, 0.15) is 31.7 Å². The van der Waals surface area contributed by atoms with Crippen LogP contribution in [0.2, 0.25) is 0 Å². The van der Waals surface area contributed by atoms with Gasteiger partial charge in [0.2, 0.25) is 0 Å². The molecule has 2 amide bonds. The van der Waals surface area contributed by atoms with E-state index in [-0.39, 0.29) is 17.3 Å². The first-order valence-electron chi connectivity index (χ1n) is 13.7. The topological polar surface area (TPSA) is 144 Å². The maximum Gasteiger partial charge on any atom is 0.334 e. The molecule has 0 radical (unpaired) electrons. The summed E-state index contributed by atoms with van der Waals surface area (Å²) in [5.74, 6) is -3.57. The van der Waals surface area contributed by atoms with Crippen molar-refractivity contribution in [3.63, 3.8) is 0 Å². The first-order chi connectivity index (χ1) is 19.7. The van der Waals surface area contributed by atoms with Crippen LogP contribution >= 0.6 is 0 Å². The summed E-state index contributed by atoms with van der Waals surface area (Å²) in [4.78, 5) is 45.6. The molecule has 4 rings (SSSR count). The fourth-order valence-corrected chi connectivity index (χ4v) is 5.52. The standard InChI is InChI=1S/C30H37N5O6/c1-19-25(28(36)37)27(26(29(38)39)20(2)32-19)21-7-4-8-22(17-21)33-30(40)31-11-6-12-34-13-15-35(16-14-34)23-9-5-10-24(18-23)41-3/h4-5,7-10,17-18,25,27H,6,11-16H2,1-3H3,(H,36,37)(H,38,39)(H2,31,33,40). The maximum absolute atomic E-state index is 12.6. The van der Waals surface area contributed by atoms with E-state index in [1.807, 2.05) is 18.2 Å². The number of urea groups is 1. The minimum Gasteiger partial charge on any atom is -0.497 e. The van der Waals surface area contributed by atoms with Crippen molar-refractivity contribution in [2.45, 2.75) is 26.2 Å². The lowest BCUT2D eigenvalue weighted by atomic mass is 9.75.